The Kier molecular flexibility index (Phi) is 8.58. The summed E-state index contributed by atoms with van der Waals surface area (Å²) in [6, 6.07) is 15.8. The number of aryl methyl sites for hydroxylation is 1. The minimum absolute atomic E-state index is 0. The molecule has 0 fully saturated rings. The van der Waals surface area contributed by atoms with Crippen molar-refractivity contribution in [2.75, 3.05) is 11.9 Å². The first-order valence-corrected chi connectivity index (χ1v) is 8.18. The third-order valence-electron chi connectivity index (χ3n) is 3.94. The minimum Gasteiger partial charge on any atom is -0.325 e. The molecule has 0 saturated carbocycles. The van der Waals surface area contributed by atoms with Crippen LogP contribution in [0.15, 0.2) is 48.5 Å². The molecule has 1 heterocycles. The molecule has 0 aliphatic rings. The minimum atomic E-state index is -0.0538. The predicted molar refractivity (Wildman–Crippen MR) is 111 cm³/mol. The zero-order valence-electron chi connectivity index (χ0n) is 14.9. The molecule has 0 spiro atoms. The number of fused-ring (bicyclic) bond motifs is 1. The van der Waals surface area contributed by atoms with Gasteiger partial charge in [-0.3, -0.25) is 4.79 Å². The number of amides is 1. The standard InChI is InChI=1S/C19H22N4O.2ClH/c1-3-20-12-15-7-6-8-16(11-15)22-19(24)13-23-14(2)21-17-9-4-5-10-18(17)23;;/h4-11,20H,3,12-13H2,1-2H3,(H,22,24);2*1H. The normalized spacial score (nSPS) is 10.1. The van der Waals surface area contributed by atoms with Crippen LogP contribution in [0.5, 0.6) is 0 Å². The fourth-order valence-electron chi connectivity index (χ4n) is 2.77. The number of carbonyl (C=O) groups is 1. The van der Waals surface area contributed by atoms with Crippen LogP contribution in [-0.4, -0.2) is 22.0 Å². The van der Waals surface area contributed by atoms with Crippen LogP contribution in [0.1, 0.15) is 18.3 Å². The average molecular weight is 395 g/mol. The summed E-state index contributed by atoms with van der Waals surface area (Å²) in [5.41, 5.74) is 3.86. The molecule has 1 aromatic heterocycles. The summed E-state index contributed by atoms with van der Waals surface area (Å²) in [6.07, 6.45) is 0. The molecule has 0 aliphatic heterocycles. The molecule has 0 saturated heterocycles. The van der Waals surface area contributed by atoms with Gasteiger partial charge in [-0.1, -0.05) is 31.2 Å². The Labute approximate surface area is 166 Å². The van der Waals surface area contributed by atoms with Crippen LogP contribution in [0.3, 0.4) is 0 Å². The van der Waals surface area contributed by atoms with E-state index in [4.69, 9.17) is 0 Å². The van der Waals surface area contributed by atoms with E-state index in [9.17, 15) is 4.79 Å². The zero-order chi connectivity index (χ0) is 16.9. The molecule has 5 nitrogen and oxygen atoms in total. The molecule has 7 heteroatoms. The van der Waals surface area contributed by atoms with Crippen molar-refractivity contribution in [3.63, 3.8) is 0 Å². The van der Waals surface area contributed by atoms with Gasteiger partial charge in [-0.25, -0.2) is 4.98 Å². The molecule has 0 atom stereocenters. The summed E-state index contributed by atoms with van der Waals surface area (Å²) in [7, 11) is 0. The maximum atomic E-state index is 12.4. The van der Waals surface area contributed by atoms with E-state index in [1.165, 1.54) is 0 Å². The molecule has 26 heavy (non-hydrogen) atoms. The van der Waals surface area contributed by atoms with E-state index in [2.05, 4.69) is 22.5 Å². The SMILES string of the molecule is CCNCc1cccc(NC(=O)Cn2c(C)nc3ccccc32)c1.Cl.Cl. The second-order valence-electron chi connectivity index (χ2n) is 5.76. The van der Waals surface area contributed by atoms with Crippen molar-refractivity contribution in [1.82, 2.24) is 14.9 Å². The van der Waals surface area contributed by atoms with E-state index in [0.29, 0.717) is 0 Å². The van der Waals surface area contributed by atoms with Gasteiger partial charge in [0.1, 0.15) is 12.4 Å². The molecule has 0 radical (unpaired) electrons. The smallest absolute Gasteiger partial charge is 0.244 e. The summed E-state index contributed by atoms with van der Waals surface area (Å²) >= 11 is 0. The van der Waals surface area contributed by atoms with Crippen molar-refractivity contribution in [3.05, 3.63) is 59.9 Å². The lowest BCUT2D eigenvalue weighted by Crippen LogP contribution is -2.19. The first kappa shape index (κ1) is 22.0. The maximum Gasteiger partial charge on any atom is 0.244 e. The number of halogens is 2. The van der Waals surface area contributed by atoms with Crippen molar-refractivity contribution >= 4 is 47.4 Å². The van der Waals surface area contributed by atoms with Crippen molar-refractivity contribution in [1.29, 1.82) is 0 Å². The first-order chi connectivity index (χ1) is 11.7. The molecule has 0 bridgehead atoms. The number of para-hydroxylation sites is 2. The highest BCUT2D eigenvalue weighted by atomic mass is 35.5. The van der Waals surface area contributed by atoms with E-state index in [1.54, 1.807) is 0 Å². The van der Waals surface area contributed by atoms with E-state index in [-0.39, 0.29) is 37.3 Å². The molecule has 3 aromatic rings. The van der Waals surface area contributed by atoms with Crippen LogP contribution in [0.4, 0.5) is 5.69 Å². The van der Waals surface area contributed by atoms with Crippen LogP contribution in [0.2, 0.25) is 0 Å². The van der Waals surface area contributed by atoms with Gasteiger partial charge in [0.15, 0.2) is 0 Å². The summed E-state index contributed by atoms with van der Waals surface area (Å²) in [5, 5.41) is 6.26. The number of imidazole rings is 1. The van der Waals surface area contributed by atoms with Gasteiger partial charge in [-0.2, -0.15) is 0 Å². The van der Waals surface area contributed by atoms with Gasteiger partial charge in [-0.15, -0.1) is 24.8 Å². The van der Waals surface area contributed by atoms with Gasteiger partial charge in [-0.05, 0) is 43.3 Å². The second kappa shape index (κ2) is 10.2. The molecular formula is C19H24Cl2N4O. The summed E-state index contributed by atoms with van der Waals surface area (Å²) in [4.78, 5) is 16.9. The number of nitrogens with one attached hydrogen (secondary N) is 2. The Morgan fingerprint density at radius 2 is 1.88 bits per heavy atom. The lowest BCUT2D eigenvalue weighted by atomic mass is 10.2. The number of rotatable bonds is 6. The average Bonchev–Trinajstić information content (AvgIpc) is 2.89. The van der Waals surface area contributed by atoms with Crippen LogP contribution >= 0.6 is 24.8 Å². The van der Waals surface area contributed by atoms with Crippen LogP contribution < -0.4 is 10.6 Å². The van der Waals surface area contributed by atoms with E-state index in [0.717, 1.165) is 41.2 Å². The summed E-state index contributed by atoms with van der Waals surface area (Å²) in [6.45, 7) is 5.96. The Morgan fingerprint density at radius 3 is 2.65 bits per heavy atom. The third-order valence-corrected chi connectivity index (χ3v) is 3.94. The number of hydrogen-bond donors (Lipinski definition) is 2. The van der Waals surface area contributed by atoms with Crippen molar-refractivity contribution in [2.24, 2.45) is 0 Å². The zero-order valence-corrected chi connectivity index (χ0v) is 16.5. The highest BCUT2D eigenvalue weighted by Crippen LogP contribution is 2.16. The molecule has 3 rings (SSSR count). The lowest BCUT2D eigenvalue weighted by Gasteiger charge is -2.10. The van der Waals surface area contributed by atoms with Gasteiger partial charge in [0, 0.05) is 12.2 Å². The number of hydrogen-bond acceptors (Lipinski definition) is 3. The van der Waals surface area contributed by atoms with E-state index < -0.39 is 0 Å². The van der Waals surface area contributed by atoms with Crippen LogP contribution in [-0.2, 0) is 17.9 Å². The predicted octanol–water partition coefficient (Wildman–Crippen LogP) is 3.94. The number of aromatic nitrogens is 2. The Bertz CT molecular complexity index is 864. The molecule has 0 aliphatic carbocycles. The van der Waals surface area contributed by atoms with Gasteiger partial charge < -0.3 is 15.2 Å². The highest BCUT2D eigenvalue weighted by Gasteiger charge is 2.11. The Morgan fingerprint density at radius 1 is 1.12 bits per heavy atom. The molecule has 0 unspecified atom stereocenters. The Hall–Kier alpha value is -2.08. The lowest BCUT2D eigenvalue weighted by molar-refractivity contribution is -0.116. The van der Waals surface area contributed by atoms with Crippen molar-refractivity contribution in [3.8, 4) is 0 Å². The molecule has 1 amide bonds. The topological polar surface area (TPSA) is 58.9 Å². The number of anilines is 1. The van der Waals surface area contributed by atoms with Gasteiger partial charge >= 0.3 is 0 Å². The van der Waals surface area contributed by atoms with Gasteiger partial charge in [0.05, 0.1) is 11.0 Å². The molecular weight excluding hydrogens is 371 g/mol. The summed E-state index contributed by atoms with van der Waals surface area (Å²) in [5.74, 6) is 0.786. The van der Waals surface area contributed by atoms with Crippen LogP contribution in [0, 0.1) is 6.92 Å². The van der Waals surface area contributed by atoms with E-state index in [1.807, 2.05) is 60.0 Å². The second-order valence-corrected chi connectivity index (χ2v) is 5.76. The van der Waals surface area contributed by atoms with Crippen molar-refractivity contribution in [2.45, 2.75) is 26.9 Å². The monoisotopic (exact) mass is 394 g/mol. The number of nitrogens with zero attached hydrogens (tertiary/aromatic N) is 2. The molecule has 2 N–H and O–H groups in total. The number of benzene rings is 2. The van der Waals surface area contributed by atoms with Crippen LogP contribution in [0.25, 0.3) is 11.0 Å². The third kappa shape index (κ3) is 5.21. The van der Waals surface area contributed by atoms with Gasteiger partial charge in [0.25, 0.3) is 0 Å². The maximum absolute atomic E-state index is 12.4. The first-order valence-electron chi connectivity index (χ1n) is 8.18. The molecule has 140 valence electrons. The quantitative estimate of drug-likeness (QED) is 0.665. The number of carbonyl (C=O) groups excluding carboxylic acids is 1. The van der Waals surface area contributed by atoms with E-state index >= 15 is 0 Å². The Balaban J connectivity index is 0.00000169. The molecule has 2 aromatic carbocycles. The summed E-state index contributed by atoms with van der Waals surface area (Å²) < 4.78 is 1.94. The highest BCUT2D eigenvalue weighted by molar-refractivity contribution is 5.91. The van der Waals surface area contributed by atoms with Crippen molar-refractivity contribution < 1.29 is 4.79 Å². The largest absolute Gasteiger partial charge is 0.325 e. The fourth-order valence-corrected chi connectivity index (χ4v) is 2.77. The fraction of sp³-hybridized carbons (Fsp3) is 0.263. The van der Waals surface area contributed by atoms with Gasteiger partial charge in [0.2, 0.25) is 5.91 Å².